The van der Waals surface area contributed by atoms with Crippen LogP contribution < -0.4 is 10.6 Å². The predicted octanol–water partition coefficient (Wildman–Crippen LogP) is 5.40. The Morgan fingerprint density at radius 2 is 1.51 bits per heavy atom. The Labute approximate surface area is 275 Å². The van der Waals surface area contributed by atoms with Crippen molar-refractivity contribution in [2.24, 2.45) is 0 Å². The number of unbranched alkanes of at least 4 members (excludes halogenated alkanes) is 1. The van der Waals surface area contributed by atoms with Gasteiger partial charge in [-0.3, -0.25) is 14.5 Å². The summed E-state index contributed by atoms with van der Waals surface area (Å²) in [6, 6.07) is 25.0. The van der Waals surface area contributed by atoms with E-state index in [2.05, 4.69) is 10.6 Å². The Morgan fingerprint density at radius 3 is 2.11 bits per heavy atom. The number of carbonyl (C=O) groups excluding carboxylic acids is 4. The summed E-state index contributed by atoms with van der Waals surface area (Å²) in [5.74, 6) is -0.838. The number of carboxylic acid groups (broad SMARTS) is 1. The number of nitrogens with one attached hydrogen (secondary N) is 2. The van der Waals surface area contributed by atoms with Gasteiger partial charge in [-0.2, -0.15) is 4.79 Å². The largest absolute Gasteiger partial charge is 0.523 e. The summed E-state index contributed by atoms with van der Waals surface area (Å²) in [5.41, 5.74) is 2.07. The van der Waals surface area contributed by atoms with Gasteiger partial charge in [0, 0.05) is 31.5 Å². The lowest BCUT2D eigenvalue weighted by atomic mass is 10.0. The molecule has 1 saturated heterocycles. The molecule has 3 aromatic carbocycles. The van der Waals surface area contributed by atoms with Crippen LogP contribution in [0.2, 0.25) is 0 Å². The number of carbonyl (C=O) groups is 5. The number of hydrogen-bond acceptors (Lipinski definition) is 6. The number of likely N-dealkylation sites (tertiary alicyclic amines) is 1. The Morgan fingerprint density at radius 1 is 0.894 bits per heavy atom. The maximum atomic E-state index is 14.1. The molecule has 0 spiro atoms. The molecule has 1 fully saturated rings. The van der Waals surface area contributed by atoms with E-state index in [0.717, 1.165) is 11.1 Å². The molecule has 0 bridgehead atoms. The Kier molecular flexibility index (Phi) is 12.6. The number of ether oxygens (including phenoxy) is 1. The summed E-state index contributed by atoms with van der Waals surface area (Å²) < 4.78 is 4.46. The minimum Gasteiger partial charge on any atom is -0.445 e. The van der Waals surface area contributed by atoms with Crippen LogP contribution in [0.1, 0.15) is 54.1 Å². The molecule has 3 atom stereocenters. The standard InChI is InChI=1S/C36H42N4O7/c1-27-14-13-23-40(27,36(45)46)35(44)39(22-12-11-21-37-34(43)47-26-29-17-7-3-8-18-29)25-32(41)31(24-28-15-5-2-6-16-28)38-33(42)30-19-9-4-10-20-30/h2-10,15-20,27,31H,11-14,21-26H2,1H3,(H2-,37,38,42,43,45,46)/p+1/t27-,31?,40?/m1/s1. The van der Waals surface area contributed by atoms with Gasteiger partial charge in [-0.1, -0.05) is 78.9 Å². The second-order valence-electron chi connectivity index (χ2n) is 11.8. The van der Waals surface area contributed by atoms with Crippen molar-refractivity contribution in [3.05, 3.63) is 108 Å². The molecule has 11 nitrogen and oxygen atoms in total. The highest BCUT2D eigenvalue weighted by atomic mass is 16.5. The molecule has 1 aliphatic heterocycles. The van der Waals surface area contributed by atoms with Gasteiger partial charge < -0.3 is 20.5 Å². The third-order valence-electron chi connectivity index (χ3n) is 8.53. The first-order chi connectivity index (χ1) is 22.7. The number of quaternary nitrogens is 1. The van der Waals surface area contributed by atoms with Crippen LogP contribution in [-0.2, 0) is 22.6 Å². The van der Waals surface area contributed by atoms with Gasteiger partial charge in [0.05, 0.1) is 19.1 Å². The number of imide groups is 1. The molecule has 0 aromatic heterocycles. The van der Waals surface area contributed by atoms with Crippen LogP contribution in [0.25, 0.3) is 0 Å². The molecule has 3 aromatic rings. The maximum Gasteiger partial charge on any atom is 0.523 e. The van der Waals surface area contributed by atoms with E-state index in [1.54, 1.807) is 37.3 Å². The number of alkyl carbamates (subject to hydrolysis) is 1. The van der Waals surface area contributed by atoms with Crippen LogP contribution in [0.15, 0.2) is 91.0 Å². The van der Waals surface area contributed by atoms with Crippen molar-refractivity contribution in [3.63, 3.8) is 0 Å². The van der Waals surface area contributed by atoms with Crippen molar-refractivity contribution in [1.29, 1.82) is 0 Å². The normalized spacial score (nSPS) is 17.7. The molecule has 1 heterocycles. The molecule has 0 saturated carbocycles. The fraction of sp³-hybridized carbons (Fsp3) is 0.361. The Balaban J connectivity index is 1.45. The highest BCUT2D eigenvalue weighted by Crippen LogP contribution is 2.30. The lowest BCUT2D eigenvalue weighted by Crippen LogP contribution is -2.64. The molecular formula is C36H43N4O7+. The molecule has 5 amide bonds. The van der Waals surface area contributed by atoms with E-state index < -0.39 is 46.5 Å². The van der Waals surface area contributed by atoms with E-state index in [0.29, 0.717) is 31.2 Å². The minimum atomic E-state index is -1.25. The van der Waals surface area contributed by atoms with Crippen LogP contribution >= 0.6 is 0 Å². The first kappa shape index (κ1) is 34.8. The molecule has 2 unspecified atom stereocenters. The fourth-order valence-electron chi connectivity index (χ4n) is 5.84. The summed E-state index contributed by atoms with van der Waals surface area (Å²) in [4.78, 5) is 67.2. The van der Waals surface area contributed by atoms with Crippen LogP contribution in [-0.4, -0.2) is 82.7 Å². The zero-order valence-corrected chi connectivity index (χ0v) is 26.7. The van der Waals surface area contributed by atoms with Crippen molar-refractivity contribution in [3.8, 4) is 0 Å². The first-order valence-corrected chi connectivity index (χ1v) is 16.0. The average Bonchev–Trinajstić information content (AvgIpc) is 3.49. The second kappa shape index (κ2) is 17.0. The molecule has 4 rings (SSSR count). The number of ketones is 1. The molecule has 11 heteroatoms. The third kappa shape index (κ3) is 9.49. The fourth-order valence-corrected chi connectivity index (χ4v) is 5.84. The van der Waals surface area contributed by atoms with E-state index in [9.17, 15) is 29.1 Å². The lowest BCUT2D eigenvalue weighted by molar-refractivity contribution is -0.791. The minimum absolute atomic E-state index is 0.0933. The van der Waals surface area contributed by atoms with Gasteiger partial charge in [0.15, 0.2) is 5.78 Å². The van der Waals surface area contributed by atoms with Gasteiger partial charge in [0.1, 0.15) is 12.6 Å². The number of rotatable bonds is 14. The molecule has 1 aliphatic rings. The number of nitrogens with zero attached hydrogens (tertiary/aromatic N) is 2. The van der Waals surface area contributed by atoms with Crippen LogP contribution in [0.4, 0.5) is 14.4 Å². The van der Waals surface area contributed by atoms with E-state index in [-0.39, 0.29) is 39.2 Å². The lowest BCUT2D eigenvalue weighted by Gasteiger charge is -2.34. The highest BCUT2D eigenvalue weighted by Gasteiger charge is 2.55. The van der Waals surface area contributed by atoms with Gasteiger partial charge >= 0.3 is 18.2 Å². The highest BCUT2D eigenvalue weighted by molar-refractivity contribution is 5.99. The van der Waals surface area contributed by atoms with Crippen LogP contribution in [0, 0.1) is 0 Å². The van der Waals surface area contributed by atoms with Gasteiger partial charge in [-0.05, 0) is 49.4 Å². The number of Topliss-reactive ketones (excluding diaryl/α,β-unsaturated/α-hetero) is 1. The van der Waals surface area contributed by atoms with E-state index in [4.69, 9.17) is 4.74 Å². The molecule has 3 N–H and O–H groups in total. The van der Waals surface area contributed by atoms with E-state index in [1.807, 2.05) is 60.7 Å². The summed E-state index contributed by atoms with van der Waals surface area (Å²) in [7, 11) is 0. The number of urea groups is 1. The summed E-state index contributed by atoms with van der Waals surface area (Å²) in [5, 5.41) is 15.8. The average molecular weight is 644 g/mol. The zero-order valence-electron chi connectivity index (χ0n) is 26.7. The summed E-state index contributed by atoms with van der Waals surface area (Å²) in [6.45, 7) is 1.99. The molecule has 248 valence electrons. The Hall–Kier alpha value is -5.03. The molecule has 0 aliphatic carbocycles. The molecule has 47 heavy (non-hydrogen) atoms. The van der Waals surface area contributed by atoms with Crippen molar-refractivity contribution in [1.82, 2.24) is 15.5 Å². The maximum absolute atomic E-state index is 14.1. The zero-order chi connectivity index (χ0) is 33.6. The van der Waals surface area contributed by atoms with Crippen molar-refractivity contribution in [2.75, 3.05) is 26.2 Å². The van der Waals surface area contributed by atoms with Crippen LogP contribution in [0.5, 0.6) is 0 Å². The van der Waals surface area contributed by atoms with Gasteiger partial charge in [0.25, 0.3) is 5.91 Å². The van der Waals surface area contributed by atoms with E-state index >= 15 is 0 Å². The smallest absolute Gasteiger partial charge is 0.445 e. The number of benzene rings is 3. The Bertz CT molecular complexity index is 1500. The van der Waals surface area contributed by atoms with Crippen LogP contribution in [0.3, 0.4) is 0 Å². The topological polar surface area (TPSA) is 142 Å². The summed E-state index contributed by atoms with van der Waals surface area (Å²) >= 11 is 0. The van der Waals surface area contributed by atoms with Gasteiger partial charge in [0.2, 0.25) is 0 Å². The van der Waals surface area contributed by atoms with Crippen molar-refractivity contribution < 1.29 is 38.3 Å². The van der Waals surface area contributed by atoms with Crippen molar-refractivity contribution >= 4 is 29.9 Å². The quantitative estimate of drug-likeness (QED) is 0.158. The number of amides is 5. The van der Waals surface area contributed by atoms with E-state index in [1.165, 1.54) is 4.90 Å². The predicted molar refractivity (Wildman–Crippen MR) is 176 cm³/mol. The SMILES string of the molecule is C[C@@H]1CCC[N+]1(C(=O)O)C(=O)N(CCCCNC(=O)OCc1ccccc1)CC(=O)C(Cc1ccccc1)NC(=O)c1ccccc1. The monoisotopic (exact) mass is 643 g/mol. The van der Waals surface area contributed by atoms with Crippen molar-refractivity contribution in [2.45, 2.75) is 57.7 Å². The van der Waals surface area contributed by atoms with Gasteiger partial charge in [-0.25, -0.2) is 9.59 Å². The second-order valence-corrected chi connectivity index (χ2v) is 11.8. The molecule has 0 radical (unpaired) electrons. The third-order valence-corrected chi connectivity index (χ3v) is 8.53. The number of hydrogen-bond donors (Lipinski definition) is 3. The van der Waals surface area contributed by atoms with Gasteiger partial charge in [-0.15, -0.1) is 4.48 Å². The first-order valence-electron chi connectivity index (χ1n) is 16.0. The summed E-state index contributed by atoms with van der Waals surface area (Å²) in [6.07, 6.45) is 0.364. The molecular weight excluding hydrogens is 600 g/mol.